The number of alkyl halides is 1. The molecule has 0 spiro atoms. The van der Waals surface area contributed by atoms with Crippen molar-refractivity contribution in [2.45, 2.75) is 49.5 Å². The van der Waals surface area contributed by atoms with Crippen molar-refractivity contribution < 1.29 is 50.9 Å². The third-order valence-electron chi connectivity index (χ3n) is 7.13. The first-order chi connectivity index (χ1) is 20.5. The van der Waals surface area contributed by atoms with Crippen LogP contribution in [-0.2, 0) is 36.7 Å². The van der Waals surface area contributed by atoms with E-state index in [0.29, 0.717) is 11.2 Å². The minimum atomic E-state index is -4.98. The Kier molecular flexibility index (Phi) is 6.93. The molecule has 0 amide bonds. The molecular formula is C20H23FN10O10P2. The Bertz CT molecular complexity index is 1790. The number of nitrogens with zero attached hydrogens (tertiary/aromatic N) is 8. The van der Waals surface area contributed by atoms with Gasteiger partial charge < -0.3 is 30.7 Å². The average molecular weight is 644 g/mol. The summed E-state index contributed by atoms with van der Waals surface area (Å²) in [7, 11) is -9.83. The lowest BCUT2D eigenvalue weighted by Crippen LogP contribution is -2.35. The molecule has 6 N–H and O–H groups in total. The van der Waals surface area contributed by atoms with E-state index < -0.39 is 71.9 Å². The van der Waals surface area contributed by atoms with Crippen molar-refractivity contribution >= 4 is 49.6 Å². The van der Waals surface area contributed by atoms with Crippen LogP contribution in [0.15, 0.2) is 25.3 Å². The minimum absolute atomic E-state index is 0.0310. The van der Waals surface area contributed by atoms with E-state index in [1.807, 2.05) is 0 Å². The molecule has 4 aromatic heterocycles. The van der Waals surface area contributed by atoms with Gasteiger partial charge in [0, 0.05) is 6.42 Å². The summed E-state index contributed by atoms with van der Waals surface area (Å²) in [4.78, 5) is 45.2. The van der Waals surface area contributed by atoms with E-state index in [9.17, 15) is 18.9 Å². The monoisotopic (exact) mass is 644 g/mol. The van der Waals surface area contributed by atoms with Crippen molar-refractivity contribution in [3.63, 3.8) is 0 Å². The van der Waals surface area contributed by atoms with Crippen molar-refractivity contribution in [2.24, 2.45) is 0 Å². The second kappa shape index (κ2) is 10.4. The number of hydrogen-bond acceptors (Lipinski definition) is 16. The molecule has 3 aliphatic heterocycles. The summed E-state index contributed by atoms with van der Waals surface area (Å²) in [6, 6.07) is 0. The normalized spacial score (nSPS) is 37.1. The van der Waals surface area contributed by atoms with E-state index in [-0.39, 0.29) is 29.2 Å². The molecule has 7 heterocycles. The van der Waals surface area contributed by atoms with E-state index in [1.165, 1.54) is 28.1 Å². The number of anilines is 2. The van der Waals surface area contributed by atoms with E-state index >= 15 is 4.39 Å². The Morgan fingerprint density at radius 1 is 0.791 bits per heavy atom. The van der Waals surface area contributed by atoms with Crippen LogP contribution in [0.5, 0.6) is 0 Å². The number of ether oxygens (including phenoxy) is 2. The lowest BCUT2D eigenvalue weighted by atomic mass is 10.1. The number of phosphoric ester groups is 2. The Hall–Kier alpha value is -3.23. The highest BCUT2D eigenvalue weighted by Gasteiger charge is 2.53. The summed E-state index contributed by atoms with van der Waals surface area (Å²) in [5, 5.41) is 0. The van der Waals surface area contributed by atoms with E-state index in [2.05, 4.69) is 29.9 Å². The fourth-order valence-corrected chi connectivity index (χ4v) is 7.08. The molecule has 3 aliphatic rings. The standard InChI is InChI=1S/C20H23FN10O10P2/c21-12-15-10(39-20(12)31-7-29-14-17(23)25-5-27-19(14)31)3-37-42(32,33)40-8-1-11(38-9(8)2-36-43(34,35)41-15)30-6-28-13-16(22)24-4-26-18(13)30/h4-12,15,20H,1-3H2,(H,32,33)(H,34,35)(H2,22,24,26)(H2,23,25,27)/t8-,9+,10+,11+,12+,15+,20+/m0/s1. The van der Waals surface area contributed by atoms with Gasteiger partial charge in [0.1, 0.15) is 54.3 Å². The molecule has 4 aromatic rings. The molecule has 0 radical (unpaired) electrons. The Balaban J connectivity index is 1.15. The van der Waals surface area contributed by atoms with Gasteiger partial charge in [-0.3, -0.25) is 27.2 Å². The van der Waals surface area contributed by atoms with Crippen LogP contribution in [0.1, 0.15) is 18.9 Å². The fraction of sp³-hybridized carbons (Fsp3) is 0.500. The molecule has 3 saturated heterocycles. The lowest BCUT2D eigenvalue weighted by Gasteiger charge is -2.27. The number of fused-ring (bicyclic) bond motifs is 4. The quantitative estimate of drug-likeness (QED) is 0.215. The van der Waals surface area contributed by atoms with E-state index in [4.69, 9.17) is 39.0 Å². The van der Waals surface area contributed by atoms with E-state index in [1.54, 1.807) is 0 Å². The topological polar surface area (TPSA) is 269 Å². The molecule has 43 heavy (non-hydrogen) atoms. The van der Waals surface area contributed by atoms with E-state index in [0.717, 1.165) is 6.33 Å². The number of nitrogen functional groups attached to an aromatic ring is 2. The van der Waals surface area contributed by atoms with Gasteiger partial charge in [0.15, 0.2) is 35.3 Å². The predicted molar refractivity (Wildman–Crippen MR) is 138 cm³/mol. The third-order valence-corrected chi connectivity index (χ3v) is 9.13. The highest BCUT2D eigenvalue weighted by Crippen LogP contribution is 2.54. The summed E-state index contributed by atoms with van der Waals surface area (Å²) >= 11 is 0. The predicted octanol–water partition coefficient (Wildman–Crippen LogP) is 0.372. The van der Waals surface area contributed by atoms with Crippen molar-refractivity contribution in [1.82, 2.24) is 39.0 Å². The van der Waals surface area contributed by atoms with Crippen molar-refractivity contribution in [1.29, 1.82) is 0 Å². The number of phosphoric acid groups is 2. The van der Waals surface area contributed by atoms with Gasteiger partial charge in [-0.25, -0.2) is 43.4 Å². The zero-order valence-corrected chi connectivity index (χ0v) is 23.4. The van der Waals surface area contributed by atoms with Crippen LogP contribution in [0.3, 0.4) is 0 Å². The number of halogens is 1. The van der Waals surface area contributed by atoms with Crippen molar-refractivity contribution in [3.05, 3.63) is 25.3 Å². The summed E-state index contributed by atoms with van der Waals surface area (Å²) in [6.07, 6.45) is -5.26. The summed E-state index contributed by atoms with van der Waals surface area (Å²) < 4.78 is 77.1. The molecule has 0 aromatic carbocycles. The number of imidazole rings is 2. The summed E-state index contributed by atoms with van der Waals surface area (Å²) in [5.74, 6) is 0.155. The molecule has 3 fully saturated rings. The first kappa shape index (κ1) is 28.5. The van der Waals surface area contributed by atoms with Crippen LogP contribution in [0.4, 0.5) is 16.0 Å². The summed E-state index contributed by atoms with van der Waals surface area (Å²) in [5.41, 5.74) is 12.5. The lowest BCUT2D eigenvalue weighted by molar-refractivity contribution is -0.0661. The van der Waals surface area contributed by atoms with Crippen LogP contribution in [0.25, 0.3) is 22.3 Å². The minimum Gasteiger partial charge on any atom is -0.382 e. The largest absolute Gasteiger partial charge is 0.472 e. The fourth-order valence-electron chi connectivity index (χ4n) is 5.17. The van der Waals surface area contributed by atoms with Crippen molar-refractivity contribution in [2.75, 3.05) is 24.7 Å². The maximum absolute atomic E-state index is 15.8. The number of hydrogen-bond donors (Lipinski definition) is 4. The van der Waals surface area contributed by atoms with Gasteiger partial charge >= 0.3 is 15.6 Å². The van der Waals surface area contributed by atoms with Crippen LogP contribution in [0.2, 0.25) is 0 Å². The van der Waals surface area contributed by atoms with Gasteiger partial charge in [-0.2, -0.15) is 0 Å². The van der Waals surface area contributed by atoms with Crippen LogP contribution in [0, 0.1) is 0 Å². The molecule has 7 rings (SSSR count). The Morgan fingerprint density at radius 2 is 1.37 bits per heavy atom. The van der Waals surface area contributed by atoms with Crippen LogP contribution in [-0.4, -0.2) is 92.6 Å². The maximum atomic E-state index is 15.8. The highest BCUT2D eigenvalue weighted by molar-refractivity contribution is 7.47. The van der Waals surface area contributed by atoms with Gasteiger partial charge in [-0.05, 0) is 0 Å². The first-order valence-corrected chi connectivity index (χ1v) is 15.6. The van der Waals surface area contributed by atoms with Gasteiger partial charge in [0.25, 0.3) is 0 Å². The van der Waals surface area contributed by atoms with Gasteiger partial charge in [-0.15, -0.1) is 0 Å². The van der Waals surface area contributed by atoms with Gasteiger partial charge in [0.2, 0.25) is 0 Å². The van der Waals surface area contributed by atoms with Gasteiger partial charge in [-0.1, -0.05) is 0 Å². The average Bonchev–Trinajstić information content (AvgIpc) is 3.72. The summed E-state index contributed by atoms with van der Waals surface area (Å²) in [6.45, 7) is -1.43. The number of nitrogens with two attached hydrogens (primary N) is 2. The molecule has 0 saturated carbocycles. The smallest absolute Gasteiger partial charge is 0.382 e. The molecule has 23 heteroatoms. The number of rotatable bonds is 2. The Labute approximate surface area is 239 Å². The SMILES string of the molecule is Nc1ncnc2c1ncn2[C@@H]1O[C@@H]2COP(=O)(O)O[C@H]3C[C@H](n4cnc5c(N)ncnc54)O[C@@H]3COP(=O)(O)O[C@H]2[C@H]1F. The molecule has 9 atom stereocenters. The maximum Gasteiger partial charge on any atom is 0.472 e. The van der Waals surface area contributed by atoms with Gasteiger partial charge in [0.05, 0.1) is 25.9 Å². The molecule has 0 bridgehead atoms. The van der Waals surface area contributed by atoms with Crippen molar-refractivity contribution in [3.8, 4) is 0 Å². The zero-order chi connectivity index (χ0) is 30.1. The zero-order valence-electron chi connectivity index (χ0n) is 21.6. The third kappa shape index (κ3) is 5.16. The van der Waals surface area contributed by atoms with Crippen LogP contribution < -0.4 is 11.5 Å². The number of aromatic nitrogens is 8. The molecule has 0 aliphatic carbocycles. The highest BCUT2D eigenvalue weighted by atomic mass is 31.2. The second-order valence-electron chi connectivity index (χ2n) is 9.78. The van der Waals surface area contributed by atoms with Crippen LogP contribution >= 0.6 is 15.6 Å². The molecule has 20 nitrogen and oxygen atoms in total. The Morgan fingerprint density at radius 3 is 2.05 bits per heavy atom. The molecular weight excluding hydrogens is 621 g/mol. The molecule has 230 valence electrons. The second-order valence-corrected chi connectivity index (χ2v) is 12.6. The first-order valence-electron chi connectivity index (χ1n) is 12.6. The molecule has 2 unspecified atom stereocenters.